The maximum Gasteiger partial charge on any atom is 0.0506 e. The van der Waals surface area contributed by atoms with Crippen molar-refractivity contribution in [2.24, 2.45) is 10.7 Å². The van der Waals surface area contributed by atoms with Crippen molar-refractivity contribution in [2.75, 3.05) is 7.05 Å². The van der Waals surface area contributed by atoms with Gasteiger partial charge in [-0.15, -0.1) is 0 Å². The Bertz CT molecular complexity index is 124. The Labute approximate surface area is 70.2 Å². The zero-order chi connectivity index (χ0) is 9.28. The summed E-state index contributed by atoms with van der Waals surface area (Å²) in [6.07, 6.45) is 3.86. The lowest BCUT2D eigenvalue weighted by Gasteiger charge is -2.01. The molecule has 0 aromatic heterocycles. The third kappa shape index (κ3) is 7.26. The van der Waals surface area contributed by atoms with Crippen LogP contribution in [0.1, 0.15) is 27.7 Å². The fraction of sp³-hybridized carbons (Fsp3) is 0.667. The highest BCUT2D eigenvalue weighted by molar-refractivity contribution is 5.98. The molecule has 1 atom stereocenters. The third-order valence-corrected chi connectivity index (χ3v) is 1.06. The van der Waals surface area contributed by atoms with E-state index in [9.17, 15) is 0 Å². The second kappa shape index (κ2) is 9.37. The Morgan fingerprint density at radius 2 is 1.91 bits per heavy atom. The van der Waals surface area contributed by atoms with Crippen LogP contribution in [0.15, 0.2) is 17.1 Å². The third-order valence-electron chi connectivity index (χ3n) is 1.06. The molecule has 0 aromatic rings. The summed E-state index contributed by atoms with van der Waals surface area (Å²) >= 11 is 0. The van der Waals surface area contributed by atoms with E-state index in [0.717, 1.165) is 5.71 Å². The molecule has 0 heterocycles. The molecule has 2 N–H and O–H groups in total. The smallest absolute Gasteiger partial charge is 0.0506 e. The van der Waals surface area contributed by atoms with Crippen molar-refractivity contribution >= 4 is 5.71 Å². The summed E-state index contributed by atoms with van der Waals surface area (Å²) in [6, 6.07) is 0.0474. The number of hydrogen-bond acceptors (Lipinski definition) is 2. The second-order valence-corrected chi connectivity index (χ2v) is 1.94. The van der Waals surface area contributed by atoms with Crippen molar-refractivity contribution in [2.45, 2.75) is 33.7 Å². The minimum absolute atomic E-state index is 0.0474. The molecular weight excluding hydrogens is 136 g/mol. The van der Waals surface area contributed by atoms with Crippen LogP contribution in [0.25, 0.3) is 0 Å². The number of aliphatic imine (C=N–C) groups is 1. The number of nitrogens with two attached hydrogens (primary N) is 1. The van der Waals surface area contributed by atoms with Crippen LogP contribution in [-0.2, 0) is 0 Å². The molecule has 2 heteroatoms. The monoisotopic (exact) mass is 156 g/mol. The summed E-state index contributed by atoms with van der Waals surface area (Å²) in [5, 5.41) is 0. The van der Waals surface area contributed by atoms with Crippen molar-refractivity contribution in [3.63, 3.8) is 0 Å². The minimum atomic E-state index is 0.0474. The Balaban J connectivity index is 0. The van der Waals surface area contributed by atoms with Gasteiger partial charge in [0.25, 0.3) is 0 Å². The van der Waals surface area contributed by atoms with Gasteiger partial charge in [-0.25, -0.2) is 0 Å². The van der Waals surface area contributed by atoms with E-state index in [0.29, 0.717) is 0 Å². The van der Waals surface area contributed by atoms with Gasteiger partial charge in [0.15, 0.2) is 0 Å². The maximum absolute atomic E-state index is 5.55. The second-order valence-electron chi connectivity index (χ2n) is 1.94. The van der Waals surface area contributed by atoms with Crippen molar-refractivity contribution in [1.82, 2.24) is 0 Å². The molecule has 0 aliphatic carbocycles. The Morgan fingerprint density at radius 1 is 1.45 bits per heavy atom. The van der Waals surface area contributed by atoms with Gasteiger partial charge < -0.3 is 5.73 Å². The van der Waals surface area contributed by atoms with Crippen molar-refractivity contribution in [3.05, 3.63) is 12.2 Å². The fourth-order valence-electron chi connectivity index (χ4n) is 0.601. The van der Waals surface area contributed by atoms with Gasteiger partial charge >= 0.3 is 0 Å². The molecule has 0 aliphatic heterocycles. The van der Waals surface area contributed by atoms with Crippen molar-refractivity contribution in [1.29, 1.82) is 0 Å². The van der Waals surface area contributed by atoms with Gasteiger partial charge in [0.05, 0.1) is 5.71 Å². The Kier molecular flexibility index (Phi) is 11.1. The number of nitrogens with zero attached hydrogens (tertiary/aromatic N) is 1. The molecule has 0 saturated carbocycles. The fourth-order valence-corrected chi connectivity index (χ4v) is 0.601. The van der Waals surface area contributed by atoms with Gasteiger partial charge in [-0.1, -0.05) is 19.9 Å². The summed E-state index contributed by atoms with van der Waals surface area (Å²) < 4.78 is 0. The molecule has 0 aromatic carbocycles. The lowest BCUT2D eigenvalue weighted by Crippen LogP contribution is -2.24. The zero-order valence-electron chi connectivity index (χ0n) is 8.26. The first-order valence-electron chi connectivity index (χ1n) is 4.07. The first-order valence-corrected chi connectivity index (χ1v) is 4.07. The standard InChI is InChI=1S/C7H14N2.C2H6/c1-4-5-7(9-3)6(2)8;1-2/h4-6H,8H2,1-3H3;1-2H3/b5-4-,9-7?;. The summed E-state index contributed by atoms with van der Waals surface area (Å²) in [6.45, 7) is 7.87. The summed E-state index contributed by atoms with van der Waals surface area (Å²) in [7, 11) is 1.75. The van der Waals surface area contributed by atoms with E-state index in [1.807, 2.05) is 39.8 Å². The van der Waals surface area contributed by atoms with Crippen molar-refractivity contribution in [3.8, 4) is 0 Å². The van der Waals surface area contributed by atoms with E-state index in [1.54, 1.807) is 7.05 Å². The molecule has 0 bridgehead atoms. The largest absolute Gasteiger partial charge is 0.323 e. The molecule has 1 unspecified atom stereocenters. The molecule has 0 fully saturated rings. The SMILES string of the molecule is C/C=C\C(=NC)C(C)N.CC. The van der Waals surface area contributed by atoms with Gasteiger partial charge in [-0.2, -0.15) is 0 Å². The van der Waals surface area contributed by atoms with Gasteiger partial charge in [0.1, 0.15) is 0 Å². The topological polar surface area (TPSA) is 38.4 Å². The lowest BCUT2D eigenvalue weighted by atomic mass is 10.2. The zero-order valence-corrected chi connectivity index (χ0v) is 8.26. The molecule has 0 saturated heterocycles. The molecular formula is C9H20N2. The Morgan fingerprint density at radius 3 is 2.00 bits per heavy atom. The highest BCUT2D eigenvalue weighted by Gasteiger charge is 1.96. The van der Waals surface area contributed by atoms with E-state index in [-0.39, 0.29) is 6.04 Å². The lowest BCUT2D eigenvalue weighted by molar-refractivity contribution is 0.973. The van der Waals surface area contributed by atoms with E-state index in [2.05, 4.69) is 4.99 Å². The van der Waals surface area contributed by atoms with E-state index >= 15 is 0 Å². The van der Waals surface area contributed by atoms with Gasteiger partial charge in [0.2, 0.25) is 0 Å². The normalized spacial score (nSPS) is 14.2. The van der Waals surface area contributed by atoms with Gasteiger partial charge in [0, 0.05) is 13.1 Å². The van der Waals surface area contributed by atoms with E-state index < -0.39 is 0 Å². The van der Waals surface area contributed by atoms with Gasteiger partial charge in [-0.3, -0.25) is 4.99 Å². The van der Waals surface area contributed by atoms with Crippen LogP contribution in [-0.4, -0.2) is 18.8 Å². The number of hydrogen-bond donors (Lipinski definition) is 1. The summed E-state index contributed by atoms with van der Waals surface area (Å²) in [4.78, 5) is 3.98. The first kappa shape index (κ1) is 13.0. The molecule has 0 amide bonds. The average molecular weight is 156 g/mol. The first-order chi connectivity index (χ1) is 5.22. The Hall–Kier alpha value is -0.630. The number of allylic oxidation sites excluding steroid dienone is 1. The van der Waals surface area contributed by atoms with Crippen molar-refractivity contribution < 1.29 is 0 Å². The van der Waals surface area contributed by atoms with Crippen LogP contribution in [0.5, 0.6) is 0 Å². The van der Waals surface area contributed by atoms with Crippen LogP contribution < -0.4 is 5.73 Å². The summed E-state index contributed by atoms with van der Waals surface area (Å²) in [5.41, 5.74) is 6.49. The number of rotatable bonds is 2. The quantitative estimate of drug-likeness (QED) is 0.610. The van der Waals surface area contributed by atoms with Crippen LogP contribution in [0.4, 0.5) is 0 Å². The molecule has 0 aliphatic rings. The minimum Gasteiger partial charge on any atom is -0.323 e. The summed E-state index contributed by atoms with van der Waals surface area (Å²) in [5.74, 6) is 0. The predicted octanol–water partition coefficient (Wildman–Crippen LogP) is 2.01. The van der Waals surface area contributed by atoms with Crippen LogP contribution in [0, 0.1) is 0 Å². The van der Waals surface area contributed by atoms with Crippen LogP contribution in [0.3, 0.4) is 0 Å². The maximum atomic E-state index is 5.55. The van der Waals surface area contributed by atoms with Crippen LogP contribution in [0.2, 0.25) is 0 Å². The molecule has 11 heavy (non-hydrogen) atoms. The van der Waals surface area contributed by atoms with E-state index in [4.69, 9.17) is 5.73 Å². The molecule has 2 nitrogen and oxygen atoms in total. The molecule has 0 radical (unpaired) electrons. The molecule has 0 spiro atoms. The van der Waals surface area contributed by atoms with Crippen LogP contribution >= 0.6 is 0 Å². The molecule has 66 valence electrons. The van der Waals surface area contributed by atoms with E-state index in [1.165, 1.54) is 0 Å². The van der Waals surface area contributed by atoms with Gasteiger partial charge in [-0.05, 0) is 19.9 Å². The predicted molar refractivity (Wildman–Crippen MR) is 53.2 cm³/mol. The average Bonchev–Trinajstić information content (AvgIpc) is 2.03. The highest BCUT2D eigenvalue weighted by Crippen LogP contribution is 1.85. The molecule has 0 rings (SSSR count). The highest BCUT2D eigenvalue weighted by atomic mass is 14.7.